The Kier molecular flexibility index (Phi) is 4.90. The SMILES string of the molecule is CC(=O)c1ccc(Oc2ccc(Oc3ccc(C=O)cc3)cc2)cc1. The standard InChI is InChI=1S/C21H16O4/c1-15(23)17-4-8-19(9-5-17)25-21-12-10-20(11-13-21)24-18-6-2-16(14-22)3-7-18/h2-14H,1H3. The molecule has 0 aliphatic heterocycles. The lowest BCUT2D eigenvalue weighted by Gasteiger charge is -2.08. The number of Topliss-reactive ketones (excluding diaryl/α,β-unsaturated/α-hetero) is 1. The molecule has 3 aromatic rings. The van der Waals surface area contributed by atoms with Gasteiger partial charge in [-0.3, -0.25) is 9.59 Å². The van der Waals surface area contributed by atoms with Gasteiger partial charge in [-0.15, -0.1) is 0 Å². The zero-order valence-electron chi connectivity index (χ0n) is 13.6. The van der Waals surface area contributed by atoms with Crippen LogP contribution in [0.15, 0.2) is 72.8 Å². The van der Waals surface area contributed by atoms with E-state index in [9.17, 15) is 9.59 Å². The largest absolute Gasteiger partial charge is 0.457 e. The van der Waals surface area contributed by atoms with E-state index in [0.717, 1.165) is 6.29 Å². The molecule has 0 aliphatic rings. The number of rotatable bonds is 6. The van der Waals surface area contributed by atoms with E-state index in [1.807, 2.05) is 0 Å². The first kappa shape index (κ1) is 16.5. The predicted molar refractivity (Wildman–Crippen MR) is 94.9 cm³/mol. The van der Waals surface area contributed by atoms with Gasteiger partial charge in [-0.1, -0.05) is 0 Å². The number of carbonyl (C=O) groups is 2. The minimum absolute atomic E-state index is 0.0224. The Morgan fingerprint density at radius 2 is 1.04 bits per heavy atom. The summed E-state index contributed by atoms with van der Waals surface area (Å²) >= 11 is 0. The van der Waals surface area contributed by atoms with Crippen LogP contribution in [0.25, 0.3) is 0 Å². The molecule has 124 valence electrons. The molecule has 0 atom stereocenters. The molecule has 0 saturated carbocycles. The minimum atomic E-state index is 0.0224. The number of ether oxygens (including phenoxy) is 2. The summed E-state index contributed by atoms with van der Waals surface area (Å²) < 4.78 is 11.5. The Labute approximate surface area is 145 Å². The fraction of sp³-hybridized carbons (Fsp3) is 0.0476. The number of hydrogen-bond donors (Lipinski definition) is 0. The summed E-state index contributed by atoms with van der Waals surface area (Å²) in [6.07, 6.45) is 0.791. The van der Waals surface area contributed by atoms with Crippen molar-refractivity contribution in [3.05, 3.63) is 83.9 Å². The molecule has 3 aromatic carbocycles. The average Bonchev–Trinajstić information content (AvgIpc) is 2.64. The summed E-state index contributed by atoms with van der Waals surface area (Å²) in [5.41, 5.74) is 1.25. The van der Waals surface area contributed by atoms with Crippen LogP contribution in [0.1, 0.15) is 27.6 Å². The first-order valence-corrected chi connectivity index (χ1v) is 7.76. The highest BCUT2D eigenvalue weighted by Crippen LogP contribution is 2.27. The second-order valence-electron chi connectivity index (χ2n) is 5.44. The van der Waals surface area contributed by atoms with Crippen molar-refractivity contribution < 1.29 is 19.1 Å². The van der Waals surface area contributed by atoms with Crippen LogP contribution in [-0.4, -0.2) is 12.1 Å². The fourth-order valence-electron chi connectivity index (χ4n) is 2.22. The van der Waals surface area contributed by atoms with Crippen molar-refractivity contribution in [3.63, 3.8) is 0 Å². The molecule has 0 unspecified atom stereocenters. The number of aldehydes is 1. The first-order valence-electron chi connectivity index (χ1n) is 7.76. The molecule has 0 N–H and O–H groups in total. The van der Waals surface area contributed by atoms with Crippen LogP contribution in [0.4, 0.5) is 0 Å². The van der Waals surface area contributed by atoms with Crippen molar-refractivity contribution >= 4 is 12.1 Å². The van der Waals surface area contributed by atoms with Crippen LogP contribution < -0.4 is 9.47 Å². The van der Waals surface area contributed by atoms with Gasteiger partial charge >= 0.3 is 0 Å². The van der Waals surface area contributed by atoms with E-state index in [1.54, 1.807) is 72.8 Å². The van der Waals surface area contributed by atoms with E-state index >= 15 is 0 Å². The molecule has 4 nitrogen and oxygen atoms in total. The molecular weight excluding hydrogens is 316 g/mol. The van der Waals surface area contributed by atoms with Gasteiger partial charge in [0.2, 0.25) is 0 Å². The molecule has 25 heavy (non-hydrogen) atoms. The highest BCUT2D eigenvalue weighted by atomic mass is 16.5. The average molecular weight is 332 g/mol. The number of hydrogen-bond acceptors (Lipinski definition) is 4. The molecule has 0 aliphatic carbocycles. The van der Waals surface area contributed by atoms with Crippen molar-refractivity contribution in [3.8, 4) is 23.0 Å². The van der Waals surface area contributed by atoms with Crippen molar-refractivity contribution in [2.75, 3.05) is 0 Å². The lowest BCUT2D eigenvalue weighted by molar-refractivity contribution is 0.101. The Hall–Kier alpha value is -3.40. The monoisotopic (exact) mass is 332 g/mol. The zero-order valence-corrected chi connectivity index (χ0v) is 13.6. The fourth-order valence-corrected chi connectivity index (χ4v) is 2.22. The second kappa shape index (κ2) is 7.45. The predicted octanol–water partition coefficient (Wildman–Crippen LogP) is 5.29. The van der Waals surface area contributed by atoms with Crippen LogP contribution in [0.5, 0.6) is 23.0 Å². The highest BCUT2D eigenvalue weighted by Gasteiger charge is 2.02. The summed E-state index contributed by atoms with van der Waals surface area (Å²) in [5.74, 6) is 2.66. The Morgan fingerprint density at radius 3 is 1.40 bits per heavy atom. The van der Waals surface area contributed by atoms with Crippen LogP contribution in [0.3, 0.4) is 0 Å². The van der Waals surface area contributed by atoms with E-state index in [0.29, 0.717) is 34.1 Å². The summed E-state index contributed by atoms with van der Waals surface area (Å²) in [6, 6.07) is 21.1. The molecule has 0 bridgehead atoms. The molecule has 0 aromatic heterocycles. The third-order valence-electron chi connectivity index (χ3n) is 3.57. The highest BCUT2D eigenvalue weighted by molar-refractivity contribution is 5.94. The molecule has 0 heterocycles. The molecule has 0 spiro atoms. The lowest BCUT2D eigenvalue weighted by Crippen LogP contribution is -1.91. The molecule has 0 saturated heterocycles. The van der Waals surface area contributed by atoms with Crippen molar-refractivity contribution in [2.24, 2.45) is 0 Å². The minimum Gasteiger partial charge on any atom is -0.457 e. The number of carbonyl (C=O) groups excluding carboxylic acids is 2. The van der Waals surface area contributed by atoms with Crippen LogP contribution in [-0.2, 0) is 0 Å². The Morgan fingerprint density at radius 1 is 0.680 bits per heavy atom. The summed E-state index contributed by atoms with van der Waals surface area (Å²) in [6.45, 7) is 1.53. The van der Waals surface area contributed by atoms with E-state index in [1.165, 1.54) is 6.92 Å². The first-order chi connectivity index (χ1) is 12.1. The number of ketones is 1. The van der Waals surface area contributed by atoms with E-state index in [-0.39, 0.29) is 5.78 Å². The Balaban J connectivity index is 1.65. The van der Waals surface area contributed by atoms with Gasteiger partial charge < -0.3 is 9.47 Å². The molecular formula is C21H16O4. The van der Waals surface area contributed by atoms with Crippen LogP contribution >= 0.6 is 0 Å². The van der Waals surface area contributed by atoms with Crippen molar-refractivity contribution in [2.45, 2.75) is 6.92 Å². The topological polar surface area (TPSA) is 52.6 Å². The van der Waals surface area contributed by atoms with Gasteiger partial charge in [0.15, 0.2) is 5.78 Å². The molecule has 0 amide bonds. The summed E-state index contributed by atoms with van der Waals surface area (Å²) in [4.78, 5) is 21.9. The van der Waals surface area contributed by atoms with Crippen molar-refractivity contribution in [1.82, 2.24) is 0 Å². The van der Waals surface area contributed by atoms with Gasteiger partial charge in [0.25, 0.3) is 0 Å². The van der Waals surface area contributed by atoms with Crippen molar-refractivity contribution in [1.29, 1.82) is 0 Å². The van der Waals surface area contributed by atoms with E-state index < -0.39 is 0 Å². The van der Waals surface area contributed by atoms with Gasteiger partial charge in [-0.05, 0) is 79.7 Å². The maximum absolute atomic E-state index is 11.3. The van der Waals surface area contributed by atoms with Gasteiger partial charge in [-0.2, -0.15) is 0 Å². The second-order valence-corrected chi connectivity index (χ2v) is 5.44. The third kappa shape index (κ3) is 4.32. The van der Waals surface area contributed by atoms with Crippen LogP contribution in [0.2, 0.25) is 0 Å². The van der Waals surface area contributed by atoms with E-state index in [4.69, 9.17) is 9.47 Å². The lowest BCUT2D eigenvalue weighted by atomic mass is 10.1. The summed E-state index contributed by atoms with van der Waals surface area (Å²) in [7, 11) is 0. The Bertz CT molecular complexity index is 863. The third-order valence-corrected chi connectivity index (χ3v) is 3.57. The van der Waals surface area contributed by atoms with E-state index in [2.05, 4.69) is 0 Å². The molecule has 0 radical (unpaired) electrons. The smallest absolute Gasteiger partial charge is 0.159 e. The maximum Gasteiger partial charge on any atom is 0.159 e. The normalized spacial score (nSPS) is 10.1. The van der Waals surface area contributed by atoms with Crippen LogP contribution in [0, 0.1) is 0 Å². The van der Waals surface area contributed by atoms with Gasteiger partial charge in [0, 0.05) is 11.1 Å². The number of benzene rings is 3. The molecule has 3 rings (SSSR count). The molecule has 4 heteroatoms. The summed E-state index contributed by atoms with van der Waals surface area (Å²) in [5, 5.41) is 0. The quantitative estimate of drug-likeness (QED) is 0.455. The van der Waals surface area contributed by atoms with Gasteiger partial charge in [-0.25, -0.2) is 0 Å². The molecule has 0 fully saturated rings. The zero-order chi connectivity index (χ0) is 17.6. The van der Waals surface area contributed by atoms with Gasteiger partial charge in [0.05, 0.1) is 0 Å². The maximum atomic E-state index is 11.3. The van der Waals surface area contributed by atoms with Gasteiger partial charge in [0.1, 0.15) is 29.3 Å².